The van der Waals surface area contributed by atoms with Gasteiger partial charge in [0.05, 0.1) is 12.5 Å². The van der Waals surface area contributed by atoms with Gasteiger partial charge in [-0.1, -0.05) is 51.0 Å². The van der Waals surface area contributed by atoms with Gasteiger partial charge in [-0.05, 0) is 48.9 Å². The number of nitrogens with zero attached hydrogens (tertiary/aromatic N) is 4. The number of carboxylic acids is 1. The fraction of sp³-hybridized carbons (Fsp3) is 0.500. The maximum Gasteiger partial charge on any atom is 0.318 e. The molecule has 0 bridgehead atoms. The molecular weight excluding hydrogens is 626 g/mol. The lowest BCUT2D eigenvalue weighted by atomic mass is 9.99. The first-order chi connectivity index (χ1) is 23.4. The largest absolute Gasteiger partial charge is 0.548 e. The fourth-order valence-electron chi connectivity index (χ4n) is 6.25. The molecule has 0 unspecified atom stereocenters. The number of likely N-dealkylation sites (tertiary alicyclic amines) is 1. The van der Waals surface area contributed by atoms with E-state index < -0.39 is 48.4 Å². The second kappa shape index (κ2) is 17.5. The van der Waals surface area contributed by atoms with Crippen LogP contribution in [-0.2, 0) is 32.0 Å². The molecule has 0 saturated carbocycles. The fourth-order valence-corrected chi connectivity index (χ4v) is 6.25. The lowest BCUT2D eigenvalue weighted by molar-refractivity contribution is -0.305. The van der Waals surface area contributed by atoms with Gasteiger partial charge in [-0.25, -0.2) is 4.79 Å². The number of amides is 5. The summed E-state index contributed by atoms with van der Waals surface area (Å²) in [6.07, 6.45) is 7.72. The van der Waals surface area contributed by atoms with Crippen molar-refractivity contribution in [2.75, 3.05) is 33.7 Å². The molecule has 264 valence electrons. The van der Waals surface area contributed by atoms with Crippen LogP contribution in [0.1, 0.15) is 57.2 Å². The van der Waals surface area contributed by atoms with E-state index in [2.05, 4.69) is 20.6 Å². The monoisotopic (exact) mass is 674 g/mol. The number of aromatic amines is 1. The minimum atomic E-state index is -1.44. The molecule has 3 N–H and O–H groups in total. The molecule has 1 aliphatic rings. The average molecular weight is 675 g/mol. The van der Waals surface area contributed by atoms with Crippen molar-refractivity contribution < 1.29 is 29.1 Å². The summed E-state index contributed by atoms with van der Waals surface area (Å²) in [5.41, 5.74) is 2.15. The van der Waals surface area contributed by atoms with E-state index in [9.17, 15) is 29.1 Å². The minimum absolute atomic E-state index is 0.0118. The van der Waals surface area contributed by atoms with Crippen LogP contribution < -0.4 is 15.7 Å². The summed E-state index contributed by atoms with van der Waals surface area (Å²) in [5.74, 6) is -3.07. The van der Waals surface area contributed by atoms with Crippen molar-refractivity contribution >= 4 is 40.6 Å². The molecule has 0 radical (unpaired) electrons. The number of pyridine rings is 1. The van der Waals surface area contributed by atoms with E-state index in [-0.39, 0.29) is 24.8 Å². The Morgan fingerprint density at radius 3 is 2.24 bits per heavy atom. The Bertz CT molecular complexity index is 1580. The van der Waals surface area contributed by atoms with Crippen LogP contribution in [-0.4, -0.2) is 106 Å². The predicted molar refractivity (Wildman–Crippen MR) is 183 cm³/mol. The second-order valence-electron chi connectivity index (χ2n) is 13.2. The van der Waals surface area contributed by atoms with Gasteiger partial charge in [0, 0.05) is 69.0 Å². The number of fused-ring (bicyclic) bond motifs is 1. The van der Waals surface area contributed by atoms with E-state index in [1.54, 1.807) is 35.5 Å². The van der Waals surface area contributed by atoms with Crippen molar-refractivity contribution in [2.24, 2.45) is 5.92 Å². The molecule has 3 atom stereocenters. The number of para-hydroxylation sites is 1. The topological polar surface area (TPSA) is 171 Å². The van der Waals surface area contributed by atoms with Gasteiger partial charge < -0.3 is 40.2 Å². The maximum absolute atomic E-state index is 14.3. The van der Waals surface area contributed by atoms with Gasteiger partial charge in [0.2, 0.25) is 17.7 Å². The Kier molecular flexibility index (Phi) is 13.1. The molecule has 13 nitrogen and oxygen atoms in total. The zero-order valence-corrected chi connectivity index (χ0v) is 28.8. The van der Waals surface area contributed by atoms with E-state index in [0.29, 0.717) is 25.2 Å². The second-order valence-corrected chi connectivity index (χ2v) is 13.2. The summed E-state index contributed by atoms with van der Waals surface area (Å²) >= 11 is 0. The van der Waals surface area contributed by atoms with Crippen molar-refractivity contribution in [3.63, 3.8) is 0 Å². The summed E-state index contributed by atoms with van der Waals surface area (Å²) in [6, 6.07) is 9.31. The Labute approximate surface area is 287 Å². The van der Waals surface area contributed by atoms with Gasteiger partial charge in [0.25, 0.3) is 0 Å². The van der Waals surface area contributed by atoms with Crippen LogP contribution in [0.25, 0.3) is 10.9 Å². The first-order valence-corrected chi connectivity index (χ1v) is 17.0. The van der Waals surface area contributed by atoms with Gasteiger partial charge in [0.1, 0.15) is 18.1 Å². The third kappa shape index (κ3) is 10.3. The van der Waals surface area contributed by atoms with Gasteiger partial charge in [-0.15, -0.1) is 0 Å². The number of urea groups is 1. The van der Waals surface area contributed by atoms with Crippen molar-refractivity contribution in [1.82, 2.24) is 35.3 Å². The number of carbonyl (C=O) groups is 5. The van der Waals surface area contributed by atoms with E-state index in [0.717, 1.165) is 47.0 Å². The highest BCUT2D eigenvalue weighted by atomic mass is 16.4. The SMILES string of the molecule is CC(C)C[C@@H](NC(=O)N1CCCCCC1)C(=O)N(C)[C@@H](Cc1c[nH]c2ccccc12)C(=O)N[C@H](Cc1ccccn1)C(=O)N(C)CC(=O)[O-]. The number of likely N-dealkylation sites (N-methyl/N-ethyl adjacent to an activating group) is 2. The number of carbonyl (C=O) groups excluding carboxylic acids is 5. The van der Waals surface area contributed by atoms with Gasteiger partial charge in [0.15, 0.2) is 0 Å². The number of benzene rings is 1. The molecular formula is C36H48N7O6-. The number of rotatable bonds is 14. The predicted octanol–water partition coefficient (Wildman–Crippen LogP) is 1.87. The summed E-state index contributed by atoms with van der Waals surface area (Å²) in [7, 11) is 2.85. The highest BCUT2D eigenvalue weighted by molar-refractivity contribution is 5.95. The Morgan fingerprint density at radius 2 is 1.59 bits per heavy atom. The number of carboxylic acid groups (broad SMARTS) is 1. The highest BCUT2D eigenvalue weighted by Gasteiger charge is 2.36. The van der Waals surface area contributed by atoms with Crippen LogP contribution in [0.15, 0.2) is 54.9 Å². The highest BCUT2D eigenvalue weighted by Crippen LogP contribution is 2.22. The standard InChI is InChI=1S/C36H49N7O6/c1-24(2)19-29(40-36(49)43-17-11-5-6-12-18-43)35(48)42(4)31(20-25-22-38-28-15-8-7-14-27(25)28)33(46)39-30(21-26-13-9-10-16-37-26)34(47)41(3)23-32(44)45/h7-10,13-16,22,24,29-31,38H,5-6,11-12,17-21,23H2,1-4H3,(H,39,46)(H,40,49)(H,44,45)/p-1/t29-,30-,31+/m1/s1. The molecule has 0 spiro atoms. The zero-order chi connectivity index (χ0) is 35.5. The van der Waals surface area contributed by atoms with E-state index in [4.69, 9.17) is 0 Å². The summed E-state index contributed by atoms with van der Waals surface area (Å²) in [4.78, 5) is 78.4. The van der Waals surface area contributed by atoms with E-state index in [1.807, 2.05) is 38.1 Å². The number of hydrogen-bond acceptors (Lipinski definition) is 7. The molecule has 1 aromatic carbocycles. The first-order valence-electron chi connectivity index (χ1n) is 17.0. The van der Waals surface area contributed by atoms with Crippen LogP contribution in [0, 0.1) is 5.92 Å². The smallest absolute Gasteiger partial charge is 0.318 e. The first kappa shape index (κ1) is 36.9. The molecule has 0 aliphatic carbocycles. The van der Waals surface area contributed by atoms with Crippen LogP contribution in [0.2, 0.25) is 0 Å². The Morgan fingerprint density at radius 1 is 0.898 bits per heavy atom. The zero-order valence-electron chi connectivity index (χ0n) is 28.8. The van der Waals surface area contributed by atoms with Gasteiger partial charge in [-0.3, -0.25) is 19.4 Å². The summed E-state index contributed by atoms with van der Waals surface area (Å²) in [6.45, 7) is 4.50. The third-order valence-electron chi connectivity index (χ3n) is 8.90. The molecule has 4 rings (SSSR count). The van der Waals surface area contributed by atoms with Crippen molar-refractivity contribution in [3.05, 3.63) is 66.1 Å². The third-order valence-corrected chi connectivity index (χ3v) is 8.90. The molecule has 1 aliphatic heterocycles. The normalized spacial score (nSPS) is 15.2. The number of hydrogen-bond donors (Lipinski definition) is 3. The Balaban J connectivity index is 1.65. The maximum atomic E-state index is 14.3. The Hall–Kier alpha value is -4.94. The molecule has 13 heteroatoms. The molecule has 1 fully saturated rings. The number of aromatic nitrogens is 2. The van der Waals surface area contributed by atoms with Crippen molar-refractivity contribution in [1.29, 1.82) is 0 Å². The van der Waals surface area contributed by atoms with E-state index in [1.165, 1.54) is 19.0 Å². The molecule has 49 heavy (non-hydrogen) atoms. The van der Waals surface area contributed by atoms with Crippen molar-refractivity contribution in [2.45, 2.75) is 76.9 Å². The van der Waals surface area contributed by atoms with Crippen LogP contribution in [0.5, 0.6) is 0 Å². The summed E-state index contributed by atoms with van der Waals surface area (Å²) < 4.78 is 0. The number of H-pyrrole nitrogens is 1. The molecule has 3 aromatic rings. The lowest BCUT2D eigenvalue weighted by Crippen LogP contribution is -2.59. The van der Waals surface area contributed by atoms with Crippen LogP contribution in [0.3, 0.4) is 0 Å². The molecule has 3 heterocycles. The van der Waals surface area contributed by atoms with E-state index >= 15 is 0 Å². The van der Waals surface area contributed by atoms with Gasteiger partial charge >= 0.3 is 6.03 Å². The number of aliphatic carboxylic acids is 1. The minimum Gasteiger partial charge on any atom is -0.548 e. The number of nitrogens with one attached hydrogen (secondary N) is 3. The molecule has 2 aromatic heterocycles. The van der Waals surface area contributed by atoms with Crippen LogP contribution >= 0.6 is 0 Å². The quantitative estimate of drug-likeness (QED) is 0.234. The van der Waals surface area contributed by atoms with Crippen LogP contribution in [0.4, 0.5) is 4.79 Å². The average Bonchev–Trinajstić information content (AvgIpc) is 3.27. The van der Waals surface area contributed by atoms with Gasteiger partial charge in [-0.2, -0.15) is 0 Å². The van der Waals surface area contributed by atoms with Crippen molar-refractivity contribution in [3.8, 4) is 0 Å². The molecule has 1 saturated heterocycles. The molecule has 5 amide bonds. The summed E-state index contributed by atoms with van der Waals surface area (Å²) in [5, 5.41) is 18.0. The lowest BCUT2D eigenvalue weighted by Gasteiger charge is -2.34.